The molecule has 1 aromatic heterocycles. The molecule has 0 aromatic carbocycles. The highest BCUT2D eigenvalue weighted by Crippen LogP contribution is 2.22. The molecule has 5 heteroatoms. The fourth-order valence-corrected chi connectivity index (χ4v) is 3.23. The van der Waals surface area contributed by atoms with Gasteiger partial charge in [0, 0.05) is 24.5 Å². The van der Waals surface area contributed by atoms with E-state index in [1.807, 2.05) is 31.9 Å². The molecule has 0 saturated heterocycles. The van der Waals surface area contributed by atoms with Crippen molar-refractivity contribution in [2.24, 2.45) is 0 Å². The lowest BCUT2D eigenvalue weighted by atomic mass is 10.4. The maximum Gasteiger partial charge on any atom is 0.236 e. The van der Waals surface area contributed by atoms with Crippen LogP contribution >= 0.6 is 27.3 Å². The van der Waals surface area contributed by atoms with Crippen LogP contribution in [0.1, 0.15) is 18.7 Å². The van der Waals surface area contributed by atoms with Gasteiger partial charge >= 0.3 is 0 Å². The molecule has 0 fully saturated rings. The molecule has 1 heterocycles. The van der Waals surface area contributed by atoms with Crippen molar-refractivity contribution >= 4 is 33.2 Å². The zero-order valence-electron chi connectivity index (χ0n) is 10.6. The molecule has 0 aliphatic rings. The van der Waals surface area contributed by atoms with Gasteiger partial charge in [0.25, 0.3) is 0 Å². The standard InChI is InChI=1S/C12H19BrN2OS/c1-4-15(5-2)12(16)9-14(3)8-10-6-7-11(13)17-10/h6-7H,4-5,8-9H2,1-3H3. The van der Waals surface area contributed by atoms with Gasteiger partial charge in [-0.25, -0.2) is 0 Å². The Morgan fingerprint density at radius 1 is 1.35 bits per heavy atom. The van der Waals surface area contributed by atoms with Gasteiger partial charge in [-0.1, -0.05) is 0 Å². The summed E-state index contributed by atoms with van der Waals surface area (Å²) in [6, 6.07) is 4.13. The Morgan fingerprint density at radius 2 is 2.00 bits per heavy atom. The number of hydrogen-bond donors (Lipinski definition) is 0. The summed E-state index contributed by atoms with van der Waals surface area (Å²) in [4.78, 5) is 17.1. The molecular weight excluding hydrogens is 300 g/mol. The van der Waals surface area contributed by atoms with Crippen LogP contribution in [0.4, 0.5) is 0 Å². The molecule has 17 heavy (non-hydrogen) atoms. The third-order valence-corrected chi connectivity index (χ3v) is 4.18. The molecule has 0 atom stereocenters. The lowest BCUT2D eigenvalue weighted by molar-refractivity contribution is -0.131. The first kappa shape index (κ1) is 14.7. The second-order valence-electron chi connectivity index (χ2n) is 3.94. The lowest BCUT2D eigenvalue weighted by Crippen LogP contribution is -2.38. The molecule has 0 aliphatic heterocycles. The Labute approximate surface area is 116 Å². The van der Waals surface area contributed by atoms with Gasteiger partial charge in [-0.2, -0.15) is 0 Å². The van der Waals surface area contributed by atoms with Crippen molar-refractivity contribution in [3.63, 3.8) is 0 Å². The third-order valence-electron chi connectivity index (χ3n) is 2.58. The Morgan fingerprint density at radius 3 is 2.47 bits per heavy atom. The number of hydrogen-bond acceptors (Lipinski definition) is 3. The fraction of sp³-hybridized carbons (Fsp3) is 0.583. The van der Waals surface area contributed by atoms with Crippen molar-refractivity contribution < 1.29 is 4.79 Å². The van der Waals surface area contributed by atoms with E-state index in [1.54, 1.807) is 11.3 Å². The normalized spacial score (nSPS) is 10.9. The van der Waals surface area contributed by atoms with Crippen LogP contribution in [-0.2, 0) is 11.3 Å². The number of carbonyl (C=O) groups excluding carboxylic acids is 1. The predicted molar refractivity (Wildman–Crippen MR) is 76.3 cm³/mol. The van der Waals surface area contributed by atoms with Crippen LogP contribution in [0.3, 0.4) is 0 Å². The predicted octanol–water partition coefficient (Wildman–Crippen LogP) is 2.81. The number of rotatable bonds is 6. The van der Waals surface area contributed by atoms with Gasteiger partial charge in [0.15, 0.2) is 0 Å². The molecule has 1 rings (SSSR count). The third kappa shape index (κ3) is 4.77. The van der Waals surface area contributed by atoms with E-state index < -0.39 is 0 Å². The first-order valence-electron chi connectivity index (χ1n) is 5.77. The number of nitrogens with zero attached hydrogens (tertiary/aromatic N) is 2. The number of amides is 1. The Hall–Kier alpha value is -0.390. The van der Waals surface area contributed by atoms with Crippen LogP contribution in [0.15, 0.2) is 15.9 Å². The minimum Gasteiger partial charge on any atom is -0.342 e. The second-order valence-corrected chi connectivity index (χ2v) is 6.49. The summed E-state index contributed by atoms with van der Waals surface area (Å²) in [5, 5.41) is 0. The monoisotopic (exact) mass is 318 g/mol. The summed E-state index contributed by atoms with van der Waals surface area (Å²) in [5.41, 5.74) is 0. The SMILES string of the molecule is CCN(CC)C(=O)CN(C)Cc1ccc(Br)s1. The van der Waals surface area contributed by atoms with E-state index in [4.69, 9.17) is 0 Å². The molecule has 0 bridgehead atoms. The number of thiophene rings is 1. The van der Waals surface area contributed by atoms with Crippen LogP contribution in [0.25, 0.3) is 0 Å². The molecular formula is C12H19BrN2OS. The van der Waals surface area contributed by atoms with Crippen molar-refractivity contribution in [1.29, 1.82) is 0 Å². The molecule has 0 N–H and O–H groups in total. The van der Waals surface area contributed by atoms with Gasteiger partial charge < -0.3 is 4.90 Å². The van der Waals surface area contributed by atoms with Crippen molar-refractivity contribution in [2.75, 3.05) is 26.7 Å². The van der Waals surface area contributed by atoms with Gasteiger partial charge in [-0.15, -0.1) is 11.3 Å². The highest BCUT2D eigenvalue weighted by atomic mass is 79.9. The molecule has 0 unspecified atom stereocenters. The second kappa shape index (κ2) is 7.13. The van der Waals surface area contributed by atoms with E-state index >= 15 is 0 Å². The Balaban J connectivity index is 2.44. The van der Waals surface area contributed by atoms with Crippen LogP contribution in [0, 0.1) is 0 Å². The largest absolute Gasteiger partial charge is 0.342 e. The molecule has 0 saturated carbocycles. The van der Waals surface area contributed by atoms with Gasteiger partial charge in [0.05, 0.1) is 10.3 Å². The van der Waals surface area contributed by atoms with E-state index in [0.717, 1.165) is 23.4 Å². The van der Waals surface area contributed by atoms with Crippen molar-refractivity contribution in [3.05, 3.63) is 20.8 Å². The van der Waals surface area contributed by atoms with Gasteiger partial charge in [0.1, 0.15) is 0 Å². The molecule has 3 nitrogen and oxygen atoms in total. The highest BCUT2D eigenvalue weighted by molar-refractivity contribution is 9.11. The summed E-state index contributed by atoms with van der Waals surface area (Å²) in [5.74, 6) is 0.202. The van der Waals surface area contributed by atoms with Crippen LogP contribution in [0.2, 0.25) is 0 Å². The van der Waals surface area contributed by atoms with Gasteiger partial charge in [0.2, 0.25) is 5.91 Å². The van der Waals surface area contributed by atoms with Gasteiger partial charge in [-0.05, 0) is 49.0 Å². The smallest absolute Gasteiger partial charge is 0.236 e. The van der Waals surface area contributed by atoms with Crippen LogP contribution in [-0.4, -0.2) is 42.4 Å². The summed E-state index contributed by atoms with van der Waals surface area (Å²) in [6.45, 7) is 6.90. The van der Waals surface area contributed by atoms with E-state index in [0.29, 0.717) is 6.54 Å². The highest BCUT2D eigenvalue weighted by Gasteiger charge is 2.12. The van der Waals surface area contributed by atoms with E-state index in [-0.39, 0.29) is 5.91 Å². The van der Waals surface area contributed by atoms with E-state index in [9.17, 15) is 4.79 Å². The van der Waals surface area contributed by atoms with Gasteiger partial charge in [-0.3, -0.25) is 9.69 Å². The number of likely N-dealkylation sites (N-methyl/N-ethyl adjacent to an activating group) is 2. The molecule has 0 spiro atoms. The first-order valence-corrected chi connectivity index (χ1v) is 7.38. The summed E-state index contributed by atoms with van der Waals surface area (Å²) in [7, 11) is 1.98. The minimum atomic E-state index is 0.202. The van der Waals surface area contributed by atoms with Crippen molar-refractivity contribution in [2.45, 2.75) is 20.4 Å². The number of halogens is 1. The zero-order valence-corrected chi connectivity index (χ0v) is 13.0. The van der Waals surface area contributed by atoms with E-state index in [2.05, 4.69) is 26.9 Å². The topological polar surface area (TPSA) is 23.6 Å². The fourth-order valence-electron chi connectivity index (χ4n) is 1.67. The minimum absolute atomic E-state index is 0.202. The summed E-state index contributed by atoms with van der Waals surface area (Å²) >= 11 is 5.16. The maximum atomic E-state index is 11.9. The van der Waals surface area contributed by atoms with Crippen molar-refractivity contribution in [1.82, 2.24) is 9.80 Å². The van der Waals surface area contributed by atoms with Crippen molar-refractivity contribution in [3.8, 4) is 0 Å². The first-order chi connectivity index (χ1) is 8.06. The maximum absolute atomic E-state index is 11.9. The Bertz CT molecular complexity index is 363. The summed E-state index contributed by atoms with van der Waals surface area (Å²) < 4.78 is 1.14. The molecule has 0 aliphatic carbocycles. The zero-order chi connectivity index (χ0) is 12.8. The molecule has 0 radical (unpaired) electrons. The lowest BCUT2D eigenvalue weighted by Gasteiger charge is -2.22. The average Bonchev–Trinajstić information content (AvgIpc) is 2.65. The van der Waals surface area contributed by atoms with Crippen LogP contribution < -0.4 is 0 Å². The quantitative estimate of drug-likeness (QED) is 0.805. The Kier molecular flexibility index (Phi) is 6.16. The molecule has 1 amide bonds. The summed E-state index contributed by atoms with van der Waals surface area (Å²) in [6.07, 6.45) is 0. The van der Waals surface area contributed by atoms with Crippen LogP contribution in [0.5, 0.6) is 0 Å². The average molecular weight is 319 g/mol. The molecule has 1 aromatic rings. The number of carbonyl (C=O) groups is 1. The van der Waals surface area contributed by atoms with E-state index in [1.165, 1.54) is 4.88 Å². The molecule has 96 valence electrons.